The molecule has 0 unspecified atom stereocenters. The summed E-state index contributed by atoms with van der Waals surface area (Å²) in [7, 11) is -3.50. The summed E-state index contributed by atoms with van der Waals surface area (Å²) in [5.41, 5.74) is 0.319. The van der Waals surface area contributed by atoms with Gasteiger partial charge in [-0.25, -0.2) is 8.42 Å². The van der Waals surface area contributed by atoms with Crippen LogP contribution in [0.5, 0.6) is 5.75 Å². The van der Waals surface area contributed by atoms with Crippen molar-refractivity contribution >= 4 is 33.0 Å². The fraction of sp³-hybridized carbons (Fsp3) is 0.353. The van der Waals surface area contributed by atoms with Crippen molar-refractivity contribution in [3.63, 3.8) is 0 Å². The van der Waals surface area contributed by atoms with E-state index in [0.717, 1.165) is 24.2 Å². The standard InChI is InChI=1S/C17H18F2N2O4S2/c18-17(19)25-13-5-3-4-12(10-13)20-15(22)11-14-6-7-16(26-14)27(23,24)21-8-1-2-9-21/h3-7,10,17H,1-2,8-9,11H2,(H,20,22). The number of benzene rings is 1. The minimum Gasteiger partial charge on any atom is -0.435 e. The molecule has 2 aromatic rings. The first-order valence-corrected chi connectivity index (χ1v) is 10.5. The van der Waals surface area contributed by atoms with Gasteiger partial charge in [0.1, 0.15) is 9.96 Å². The number of nitrogens with zero attached hydrogens (tertiary/aromatic N) is 1. The lowest BCUT2D eigenvalue weighted by Gasteiger charge is -2.13. The molecule has 1 amide bonds. The topological polar surface area (TPSA) is 75.7 Å². The van der Waals surface area contributed by atoms with Crippen molar-refractivity contribution in [1.29, 1.82) is 0 Å². The highest BCUT2D eigenvalue weighted by Crippen LogP contribution is 2.28. The maximum absolute atomic E-state index is 12.5. The van der Waals surface area contributed by atoms with E-state index in [-0.39, 0.29) is 22.3 Å². The van der Waals surface area contributed by atoms with Gasteiger partial charge in [-0.3, -0.25) is 4.79 Å². The number of amides is 1. The Labute approximate surface area is 159 Å². The third kappa shape index (κ3) is 5.02. The number of hydrogen-bond acceptors (Lipinski definition) is 5. The number of rotatable bonds is 7. The predicted octanol–water partition coefficient (Wildman–Crippen LogP) is 3.32. The second-order valence-electron chi connectivity index (χ2n) is 5.96. The van der Waals surface area contributed by atoms with Crippen LogP contribution in [-0.2, 0) is 21.2 Å². The number of halogens is 2. The number of ether oxygens (including phenoxy) is 1. The van der Waals surface area contributed by atoms with Gasteiger partial charge < -0.3 is 10.1 Å². The van der Waals surface area contributed by atoms with E-state index >= 15 is 0 Å². The van der Waals surface area contributed by atoms with Gasteiger partial charge in [-0.1, -0.05) is 6.07 Å². The van der Waals surface area contributed by atoms with Crippen molar-refractivity contribution in [2.75, 3.05) is 18.4 Å². The van der Waals surface area contributed by atoms with E-state index in [4.69, 9.17) is 0 Å². The Morgan fingerprint density at radius 3 is 2.67 bits per heavy atom. The molecule has 0 saturated carbocycles. The van der Waals surface area contributed by atoms with Crippen molar-refractivity contribution in [3.05, 3.63) is 41.3 Å². The molecule has 1 aliphatic heterocycles. The summed E-state index contributed by atoms with van der Waals surface area (Å²) in [5, 5.41) is 2.59. The molecule has 146 valence electrons. The van der Waals surface area contributed by atoms with Crippen LogP contribution >= 0.6 is 11.3 Å². The number of sulfonamides is 1. The highest BCUT2D eigenvalue weighted by molar-refractivity contribution is 7.91. The largest absolute Gasteiger partial charge is 0.435 e. The number of thiophene rings is 1. The van der Waals surface area contributed by atoms with Gasteiger partial charge >= 0.3 is 6.61 Å². The summed E-state index contributed by atoms with van der Waals surface area (Å²) < 4.78 is 55.5. The number of alkyl halides is 2. The smallest absolute Gasteiger partial charge is 0.387 e. The van der Waals surface area contributed by atoms with Crippen LogP contribution in [0.25, 0.3) is 0 Å². The third-order valence-corrected chi connectivity index (χ3v) is 7.43. The first-order valence-electron chi connectivity index (χ1n) is 8.28. The second kappa shape index (κ2) is 8.32. The molecule has 6 nitrogen and oxygen atoms in total. The highest BCUT2D eigenvalue weighted by atomic mass is 32.2. The fourth-order valence-corrected chi connectivity index (χ4v) is 5.79. The van der Waals surface area contributed by atoms with Crippen molar-refractivity contribution < 1.29 is 26.7 Å². The molecular formula is C17H18F2N2O4S2. The van der Waals surface area contributed by atoms with Crippen LogP contribution in [-0.4, -0.2) is 38.3 Å². The lowest BCUT2D eigenvalue weighted by Crippen LogP contribution is -2.27. The van der Waals surface area contributed by atoms with Gasteiger partial charge in [0.15, 0.2) is 0 Å². The van der Waals surface area contributed by atoms with Crippen LogP contribution in [0.3, 0.4) is 0 Å². The van der Waals surface area contributed by atoms with Gasteiger partial charge in [-0.05, 0) is 37.1 Å². The molecule has 0 atom stereocenters. The Hall–Kier alpha value is -2.04. The number of anilines is 1. The van der Waals surface area contributed by atoms with Gasteiger partial charge in [-0.15, -0.1) is 11.3 Å². The summed E-state index contributed by atoms with van der Waals surface area (Å²) in [6.07, 6.45) is 1.70. The lowest BCUT2D eigenvalue weighted by molar-refractivity contribution is -0.115. The Morgan fingerprint density at radius 1 is 1.22 bits per heavy atom. The summed E-state index contributed by atoms with van der Waals surface area (Å²) in [4.78, 5) is 12.8. The summed E-state index contributed by atoms with van der Waals surface area (Å²) in [6, 6.07) is 8.81. The zero-order valence-corrected chi connectivity index (χ0v) is 15.9. The summed E-state index contributed by atoms with van der Waals surface area (Å²) in [5.74, 6) is -0.436. The zero-order valence-electron chi connectivity index (χ0n) is 14.2. The molecule has 1 N–H and O–H groups in total. The van der Waals surface area contributed by atoms with E-state index in [1.54, 1.807) is 12.1 Å². The van der Waals surface area contributed by atoms with E-state index in [2.05, 4.69) is 10.1 Å². The zero-order chi connectivity index (χ0) is 19.4. The number of carbonyl (C=O) groups is 1. The van der Waals surface area contributed by atoms with Gasteiger partial charge in [0, 0.05) is 29.7 Å². The van der Waals surface area contributed by atoms with E-state index in [9.17, 15) is 22.0 Å². The monoisotopic (exact) mass is 416 g/mol. The lowest BCUT2D eigenvalue weighted by atomic mass is 10.2. The Kier molecular flexibility index (Phi) is 6.08. The average molecular weight is 416 g/mol. The van der Waals surface area contributed by atoms with Crippen LogP contribution < -0.4 is 10.1 Å². The van der Waals surface area contributed by atoms with Crippen molar-refractivity contribution in [2.45, 2.75) is 30.1 Å². The predicted molar refractivity (Wildman–Crippen MR) is 97.7 cm³/mol. The molecule has 1 aromatic heterocycles. The van der Waals surface area contributed by atoms with Crippen LogP contribution in [0.15, 0.2) is 40.6 Å². The Morgan fingerprint density at radius 2 is 1.96 bits per heavy atom. The van der Waals surface area contributed by atoms with Crippen LogP contribution in [0.1, 0.15) is 17.7 Å². The minimum atomic E-state index is -3.50. The van der Waals surface area contributed by atoms with E-state index < -0.39 is 16.6 Å². The summed E-state index contributed by atoms with van der Waals surface area (Å²) in [6.45, 7) is -1.90. The quantitative estimate of drug-likeness (QED) is 0.751. The molecule has 1 fully saturated rings. The Balaban J connectivity index is 1.63. The average Bonchev–Trinajstić information content (AvgIpc) is 3.26. The van der Waals surface area contributed by atoms with Crippen LogP contribution in [0.4, 0.5) is 14.5 Å². The van der Waals surface area contributed by atoms with E-state index in [1.165, 1.54) is 28.6 Å². The first kappa shape index (κ1) is 19.7. The molecule has 2 heterocycles. The van der Waals surface area contributed by atoms with Crippen molar-refractivity contribution in [3.8, 4) is 5.75 Å². The third-order valence-electron chi connectivity index (χ3n) is 3.97. The molecule has 0 bridgehead atoms. The molecule has 1 aromatic carbocycles. The number of carbonyl (C=O) groups excluding carboxylic acids is 1. The van der Waals surface area contributed by atoms with Gasteiger partial charge in [0.25, 0.3) is 10.0 Å². The van der Waals surface area contributed by atoms with Gasteiger partial charge in [0.2, 0.25) is 5.91 Å². The minimum absolute atomic E-state index is 0.0138. The molecule has 27 heavy (non-hydrogen) atoms. The Bertz CT molecular complexity index is 909. The highest BCUT2D eigenvalue weighted by Gasteiger charge is 2.28. The van der Waals surface area contributed by atoms with Gasteiger partial charge in [-0.2, -0.15) is 13.1 Å². The molecular weight excluding hydrogens is 398 g/mol. The second-order valence-corrected chi connectivity index (χ2v) is 9.30. The first-order chi connectivity index (χ1) is 12.8. The summed E-state index contributed by atoms with van der Waals surface area (Å²) >= 11 is 1.06. The maximum atomic E-state index is 12.5. The molecule has 1 aliphatic rings. The van der Waals surface area contributed by atoms with E-state index in [1.807, 2.05) is 0 Å². The van der Waals surface area contributed by atoms with Crippen molar-refractivity contribution in [1.82, 2.24) is 4.31 Å². The maximum Gasteiger partial charge on any atom is 0.387 e. The normalized spacial score (nSPS) is 15.2. The molecule has 10 heteroatoms. The molecule has 0 radical (unpaired) electrons. The van der Waals surface area contributed by atoms with E-state index in [0.29, 0.717) is 23.7 Å². The van der Waals surface area contributed by atoms with Crippen LogP contribution in [0, 0.1) is 0 Å². The molecule has 0 spiro atoms. The SMILES string of the molecule is O=C(Cc1ccc(S(=O)(=O)N2CCCC2)s1)Nc1cccc(OC(F)F)c1. The molecule has 0 aliphatic carbocycles. The fourth-order valence-electron chi connectivity index (χ4n) is 2.76. The van der Waals surface area contributed by atoms with Gasteiger partial charge in [0.05, 0.1) is 6.42 Å². The van der Waals surface area contributed by atoms with Crippen molar-refractivity contribution in [2.24, 2.45) is 0 Å². The molecule has 3 rings (SSSR count). The van der Waals surface area contributed by atoms with Crippen LogP contribution in [0.2, 0.25) is 0 Å². The number of hydrogen-bond donors (Lipinski definition) is 1. The molecule has 1 saturated heterocycles. The number of nitrogens with one attached hydrogen (secondary N) is 1.